The van der Waals surface area contributed by atoms with Gasteiger partial charge in [0.1, 0.15) is 5.71 Å². The molecule has 0 atom stereocenters. The number of hydrogen-bond acceptors (Lipinski definition) is 5. The lowest BCUT2D eigenvalue weighted by atomic mass is 9.97. The van der Waals surface area contributed by atoms with Gasteiger partial charge in [-0.25, -0.2) is 4.99 Å². The van der Waals surface area contributed by atoms with Crippen LogP contribution in [0.3, 0.4) is 0 Å². The highest BCUT2D eigenvalue weighted by molar-refractivity contribution is 7.12. The van der Waals surface area contributed by atoms with Crippen LogP contribution in [0.5, 0.6) is 0 Å². The second-order valence-electron chi connectivity index (χ2n) is 5.93. The predicted octanol–water partition coefficient (Wildman–Crippen LogP) is 4.73. The summed E-state index contributed by atoms with van der Waals surface area (Å²) < 4.78 is 0. The summed E-state index contributed by atoms with van der Waals surface area (Å²) in [6, 6.07) is 20.5. The normalized spacial score (nSPS) is 13.4. The highest BCUT2D eigenvalue weighted by atomic mass is 32.1. The Bertz CT molecular complexity index is 1150. The van der Waals surface area contributed by atoms with E-state index in [2.05, 4.69) is 39.8 Å². The zero-order valence-electron chi connectivity index (χ0n) is 13.8. The van der Waals surface area contributed by atoms with E-state index < -0.39 is 0 Å². The number of benzene rings is 2. The van der Waals surface area contributed by atoms with Gasteiger partial charge in [-0.3, -0.25) is 10.4 Å². The summed E-state index contributed by atoms with van der Waals surface area (Å²) in [7, 11) is 0. The summed E-state index contributed by atoms with van der Waals surface area (Å²) >= 11 is 1.64. The van der Waals surface area contributed by atoms with Gasteiger partial charge in [-0.15, -0.1) is 11.3 Å². The largest absolute Gasteiger partial charge is 0.264 e. The Morgan fingerprint density at radius 1 is 0.885 bits per heavy atom. The van der Waals surface area contributed by atoms with E-state index in [0.717, 1.165) is 44.0 Å². The van der Waals surface area contributed by atoms with Crippen molar-refractivity contribution in [1.82, 2.24) is 10.4 Å². The van der Waals surface area contributed by atoms with Gasteiger partial charge in [0.15, 0.2) is 5.84 Å². The number of nitrogens with zero attached hydrogens (tertiary/aromatic N) is 3. The van der Waals surface area contributed by atoms with Gasteiger partial charge in [0.25, 0.3) is 0 Å². The quantitative estimate of drug-likeness (QED) is 0.566. The van der Waals surface area contributed by atoms with Crippen molar-refractivity contribution in [3.63, 3.8) is 0 Å². The van der Waals surface area contributed by atoms with Crippen molar-refractivity contribution in [1.29, 1.82) is 0 Å². The van der Waals surface area contributed by atoms with Crippen LogP contribution in [0.25, 0.3) is 10.8 Å². The number of hydrazone groups is 1. The van der Waals surface area contributed by atoms with Crippen LogP contribution < -0.4 is 5.43 Å². The first kappa shape index (κ1) is 15.0. The molecule has 4 nitrogen and oxygen atoms in total. The average Bonchev–Trinajstić information content (AvgIpc) is 3.16. The Hall–Kier alpha value is -3.31. The molecule has 2 aromatic heterocycles. The molecule has 0 amide bonds. The minimum absolute atomic E-state index is 0.761. The molecule has 1 N–H and O–H groups in total. The Morgan fingerprint density at radius 3 is 2.69 bits per heavy atom. The minimum Gasteiger partial charge on any atom is -0.264 e. The van der Waals surface area contributed by atoms with Gasteiger partial charge in [-0.1, -0.05) is 36.4 Å². The summed E-state index contributed by atoms with van der Waals surface area (Å²) in [5.74, 6) is 0.761. The lowest BCUT2D eigenvalue weighted by Gasteiger charge is -2.10. The van der Waals surface area contributed by atoms with Crippen molar-refractivity contribution in [3.8, 4) is 0 Å². The zero-order chi connectivity index (χ0) is 17.3. The number of aliphatic imine (C=N–C) groups is 1. The number of aromatic nitrogens is 1. The Labute approximate surface area is 154 Å². The molecule has 0 saturated heterocycles. The number of rotatable bonds is 2. The summed E-state index contributed by atoms with van der Waals surface area (Å²) in [6.45, 7) is 0. The molecule has 0 bridgehead atoms. The van der Waals surface area contributed by atoms with Crippen molar-refractivity contribution in [2.75, 3.05) is 0 Å². The van der Waals surface area contributed by atoms with Crippen molar-refractivity contribution >= 4 is 39.3 Å². The molecule has 0 saturated carbocycles. The van der Waals surface area contributed by atoms with Crippen molar-refractivity contribution < 1.29 is 0 Å². The Kier molecular flexibility index (Phi) is 3.57. The number of thiophene rings is 1. The minimum atomic E-state index is 0.761. The van der Waals surface area contributed by atoms with Crippen LogP contribution in [-0.2, 0) is 0 Å². The third-order valence-corrected chi connectivity index (χ3v) is 5.22. The molecule has 3 heterocycles. The second kappa shape index (κ2) is 6.20. The number of amidine groups is 1. The maximum absolute atomic E-state index is 4.97. The monoisotopic (exact) mass is 354 g/mol. The molecular weight excluding hydrogens is 340 g/mol. The van der Waals surface area contributed by atoms with E-state index in [4.69, 9.17) is 4.99 Å². The van der Waals surface area contributed by atoms with Crippen molar-refractivity contribution in [2.24, 2.45) is 10.1 Å². The van der Waals surface area contributed by atoms with Gasteiger partial charge in [0.05, 0.1) is 10.6 Å². The molecule has 26 heavy (non-hydrogen) atoms. The van der Waals surface area contributed by atoms with Crippen LogP contribution in [-0.4, -0.2) is 16.5 Å². The SMILES string of the molecule is c1cncc(C2=NNC(c3cccs3)=Nc3c2ccc2ccccc32)c1. The van der Waals surface area contributed by atoms with Gasteiger partial charge in [-0.05, 0) is 35.0 Å². The predicted molar refractivity (Wildman–Crippen MR) is 107 cm³/mol. The fourth-order valence-electron chi connectivity index (χ4n) is 3.12. The summed E-state index contributed by atoms with van der Waals surface area (Å²) in [6.07, 6.45) is 3.60. The van der Waals surface area contributed by atoms with E-state index in [1.165, 1.54) is 0 Å². The maximum Gasteiger partial charge on any atom is 0.164 e. The summed E-state index contributed by atoms with van der Waals surface area (Å²) in [4.78, 5) is 10.3. The van der Waals surface area contributed by atoms with Gasteiger partial charge in [0.2, 0.25) is 0 Å². The van der Waals surface area contributed by atoms with E-state index >= 15 is 0 Å². The third kappa shape index (κ3) is 2.50. The first-order valence-corrected chi connectivity index (χ1v) is 9.17. The maximum atomic E-state index is 4.97. The molecule has 0 fully saturated rings. The molecule has 1 aliphatic rings. The molecule has 0 spiro atoms. The molecular formula is C21H14N4S. The summed E-state index contributed by atoms with van der Waals surface area (Å²) in [5, 5.41) is 8.99. The van der Waals surface area contributed by atoms with Gasteiger partial charge >= 0.3 is 0 Å². The van der Waals surface area contributed by atoms with Crippen LogP contribution in [0.1, 0.15) is 16.0 Å². The third-order valence-electron chi connectivity index (χ3n) is 4.34. The van der Waals surface area contributed by atoms with Crippen LogP contribution in [0.4, 0.5) is 5.69 Å². The number of pyridine rings is 1. The first-order valence-electron chi connectivity index (χ1n) is 8.29. The molecule has 5 rings (SSSR count). The topological polar surface area (TPSA) is 49.6 Å². The highest BCUT2D eigenvalue weighted by Gasteiger charge is 2.19. The van der Waals surface area contributed by atoms with E-state index in [-0.39, 0.29) is 0 Å². The van der Waals surface area contributed by atoms with Crippen LogP contribution in [0, 0.1) is 0 Å². The van der Waals surface area contributed by atoms with Gasteiger partial charge < -0.3 is 0 Å². The zero-order valence-corrected chi connectivity index (χ0v) is 14.6. The number of nitrogens with one attached hydrogen (secondary N) is 1. The fraction of sp³-hybridized carbons (Fsp3) is 0. The number of fused-ring (bicyclic) bond motifs is 3. The number of hydrogen-bond donors (Lipinski definition) is 1. The molecule has 0 aliphatic carbocycles. The Balaban J connectivity index is 1.81. The average molecular weight is 354 g/mol. The molecule has 1 aliphatic heterocycles. The fourth-order valence-corrected chi connectivity index (χ4v) is 3.78. The molecule has 0 radical (unpaired) electrons. The molecule has 5 heteroatoms. The lowest BCUT2D eigenvalue weighted by Crippen LogP contribution is -2.18. The first-order chi connectivity index (χ1) is 12.9. The van der Waals surface area contributed by atoms with Gasteiger partial charge in [-0.2, -0.15) is 5.10 Å². The lowest BCUT2D eigenvalue weighted by molar-refractivity contribution is 1.03. The standard InChI is InChI=1S/C21H14N4S/c1-2-7-16-14(5-1)9-10-17-19(15-6-3-11-22-13-15)24-25-21(23-20(16)17)18-8-4-12-26-18/h1-13H,(H,23,25). The van der Waals surface area contributed by atoms with Crippen molar-refractivity contribution in [2.45, 2.75) is 0 Å². The summed E-state index contributed by atoms with van der Waals surface area (Å²) in [5.41, 5.74) is 6.89. The van der Waals surface area contributed by atoms with Crippen LogP contribution in [0.2, 0.25) is 0 Å². The van der Waals surface area contributed by atoms with E-state index in [1.54, 1.807) is 17.5 Å². The second-order valence-corrected chi connectivity index (χ2v) is 6.88. The highest BCUT2D eigenvalue weighted by Crippen LogP contribution is 2.33. The smallest absolute Gasteiger partial charge is 0.164 e. The van der Waals surface area contributed by atoms with Gasteiger partial charge in [0, 0.05) is 28.9 Å². The van der Waals surface area contributed by atoms with Crippen LogP contribution in [0.15, 0.2) is 88.5 Å². The molecule has 2 aromatic carbocycles. The molecule has 4 aromatic rings. The van der Waals surface area contributed by atoms with Crippen LogP contribution >= 0.6 is 11.3 Å². The molecule has 0 unspecified atom stereocenters. The van der Waals surface area contributed by atoms with Crippen molar-refractivity contribution in [3.05, 3.63) is 94.4 Å². The van der Waals surface area contributed by atoms with E-state index in [1.807, 2.05) is 48.0 Å². The van der Waals surface area contributed by atoms with E-state index in [9.17, 15) is 0 Å². The van der Waals surface area contributed by atoms with E-state index in [0.29, 0.717) is 0 Å². The molecule has 124 valence electrons. The Morgan fingerprint density at radius 2 is 1.85 bits per heavy atom.